The molecule has 2 nitrogen and oxygen atoms in total. The number of nitrogens with one attached hydrogen (secondary N) is 1. The topological polar surface area (TPSA) is 32.3 Å². The van der Waals surface area contributed by atoms with Gasteiger partial charge in [0.1, 0.15) is 5.75 Å². The molecule has 1 atom stereocenters. The lowest BCUT2D eigenvalue weighted by atomic mass is 9.76. The molecule has 0 amide bonds. The van der Waals surface area contributed by atoms with E-state index in [9.17, 15) is 5.11 Å². The van der Waals surface area contributed by atoms with Gasteiger partial charge in [0.25, 0.3) is 0 Å². The minimum absolute atomic E-state index is 0.214. The van der Waals surface area contributed by atoms with Crippen molar-refractivity contribution < 1.29 is 5.11 Å². The quantitative estimate of drug-likeness (QED) is 0.857. The molecule has 1 aliphatic heterocycles. The maximum Gasteiger partial charge on any atom is 0.115 e. The highest BCUT2D eigenvalue weighted by Gasteiger charge is 2.36. The Hall–Kier alpha value is -1.02. The number of benzene rings is 1. The molecule has 1 aliphatic rings. The first-order valence-electron chi connectivity index (χ1n) is 6.92. The second kappa shape index (κ2) is 4.93. The van der Waals surface area contributed by atoms with Crippen LogP contribution in [0, 0.1) is 5.41 Å². The first-order chi connectivity index (χ1) is 8.39. The number of phenolic OH excluding ortho intramolecular Hbond substituents is 1. The molecule has 2 N–H and O–H groups in total. The van der Waals surface area contributed by atoms with Crippen molar-refractivity contribution in [1.82, 2.24) is 5.32 Å². The van der Waals surface area contributed by atoms with Crippen LogP contribution in [-0.4, -0.2) is 17.2 Å². The van der Waals surface area contributed by atoms with E-state index in [1.165, 1.54) is 24.8 Å². The summed E-state index contributed by atoms with van der Waals surface area (Å²) in [5.74, 6) is 0.372. The van der Waals surface area contributed by atoms with E-state index in [-0.39, 0.29) is 5.54 Å². The van der Waals surface area contributed by atoms with Crippen molar-refractivity contribution in [1.29, 1.82) is 0 Å². The van der Waals surface area contributed by atoms with Gasteiger partial charge in [0.05, 0.1) is 0 Å². The number of rotatable bonds is 3. The third kappa shape index (κ3) is 3.49. The van der Waals surface area contributed by atoms with E-state index >= 15 is 0 Å². The molecule has 100 valence electrons. The molecule has 18 heavy (non-hydrogen) atoms. The molecule has 0 spiro atoms. The lowest BCUT2D eigenvalue weighted by Crippen LogP contribution is -2.44. The van der Waals surface area contributed by atoms with Crippen LogP contribution >= 0.6 is 0 Å². The van der Waals surface area contributed by atoms with Crippen molar-refractivity contribution in [3.8, 4) is 5.75 Å². The van der Waals surface area contributed by atoms with Gasteiger partial charge in [-0.05, 0) is 55.3 Å². The summed E-state index contributed by atoms with van der Waals surface area (Å²) in [5, 5.41) is 13.3. The molecule has 0 saturated carbocycles. The maximum absolute atomic E-state index is 9.58. The molecular formula is C16H25NO. The summed E-state index contributed by atoms with van der Waals surface area (Å²) in [7, 11) is 0. The van der Waals surface area contributed by atoms with E-state index in [2.05, 4.69) is 32.2 Å². The number of aromatic hydroxyl groups is 1. The van der Waals surface area contributed by atoms with Crippen LogP contribution in [-0.2, 0) is 6.42 Å². The van der Waals surface area contributed by atoms with Gasteiger partial charge < -0.3 is 10.4 Å². The second-order valence-electron chi connectivity index (χ2n) is 6.89. The number of hydrogen-bond donors (Lipinski definition) is 2. The molecule has 1 saturated heterocycles. The lowest BCUT2D eigenvalue weighted by Gasteiger charge is -2.36. The predicted octanol–water partition coefficient (Wildman–Crippen LogP) is 3.49. The van der Waals surface area contributed by atoms with Gasteiger partial charge >= 0.3 is 0 Å². The average Bonchev–Trinajstić information content (AvgIpc) is 2.63. The molecule has 0 aliphatic carbocycles. The van der Waals surface area contributed by atoms with Gasteiger partial charge in [-0.1, -0.05) is 32.9 Å². The molecular weight excluding hydrogens is 222 g/mol. The SMILES string of the molecule is CC(C)(C)CC1(Cc2cccc(O)c2)CCCN1. The summed E-state index contributed by atoms with van der Waals surface area (Å²) in [5.41, 5.74) is 1.77. The number of phenols is 1. The smallest absolute Gasteiger partial charge is 0.115 e. The molecule has 1 fully saturated rings. The minimum Gasteiger partial charge on any atom is -0.508 e. The van der Waals surface area contributed by atoms with E-state index in [1.54, 1.807) is 6.07 Å². The summed E-state index contributed by atoms with van der Waals surface area (Å²) in [6, 6.07) is 7.68. The van der Waals surface area contributed by atoms with Crippen LogP contribution in [0.1, 0.15) is 45.6 Å². The van der Waals surface area contributed by atoms with Gasteiger partial charge in [0.2, 0.25) is 0 Å². The summed E-state index contributed by atoms with van der Waals surface area (Å²) in [4.78, 5) is 0. The predicted molar refractivity (Wildman–Crippen MR) is 75.9 cm³/mol. The maximum atomic E-state index is 9.58. The summed E-state index contributed by atoms with van der Waals surface area (Å²) in [6.07, 6.45) is 4.68. The van der Waals surface area contributed by atoms with Gasteiger partial charge in [-0.15, -0.1) is 0 Å². The van der Waals surface area contributed by atoms with Crippen molar-refractivity contribution in [2.45, 2.75) is 52.0 Å². The second-order valence-corrected chi connectivity index (χ2v) is 6.89. The highest BCUT2D eigenvalue weighted by Crippen LogP contribution is 2.36. The Kier molecular flexibility index (Phi) is 3.67. The molecule has 0 bridgehead atoms. The normalized spacial score (nSPS) is 24.4. The van der Waals surface area contributed by atoms with Crippen LogP contribution < -0.4 is 5.32 Å². The third-order valence-electron chi connectivity index (χ3n) is 3.65. The van der Waals surface area contributed by atoms with E-state index in [4.69, 9.17) is 0 Å². The van der Waals surface area contributed by atoms with Crippen molar-refractivity contribution in [2.75, 3.05) is 6.54 Å². The van der Waals surface area contributed by atoms with E-state index in [0.717, 1.165) is 13.0 Å². The van der Waals surface area contributed by atoms with Crippen molar-refractivity contribution >= 4 is 0 Å². The third-order valence-corrected chi connectivity index (χ3v) is 3.65. The molecule has 1 unspecified atom stereocenters. The largest absolute Gasteiger partial charge is 0.508 e. The van der Waals surface area contributed by atoms with Gasteiger partial charge in [0.15, 0.2) is 0 Å². The van der Waals surface area contributed by atoms with Crippen LogP contribution in [0.25, 0.3) is 0 Å². The lowest BCUT2D eigenvalue weighted by molar-refractivity contribution is 0.229. The van der Waals surface area contributed by atoms with Crippen LogP contribution in [0.5, 0.6) is 5.75 Å². The van der Waals surface area contributed by atoms with Crippen LogP contribution in [0.15, 0.2) is 24.3 Å². The standard InChI is InChI=1S/C16H25NO/c1-15(2,3)12-16(8-5-9-17-16)11-13-6-4-7-14(18)10-13/h4,6-7,10,17-18H,5,8-9,11-12H2,1-3H3. The Labute approximate surface area is 110 Å². The van der Waals surface area contributed by atoms with E-state index < -0.39 is 0 Å². The molecule has 2 rings (SSSR count). The Balaban J connectivity index is 2.16. The van der Waals surface area contributed by atoms with E-state index in [1.807, 2.05) is 12.1 Å². The Morgan fingerprint density at radius 1 is 1.33 bits per heavy atom. The Morgan fingerprint density at radius 3 is 2.67 bits per heavy atom. The highest BCUT2D eigenvalue weighted by molar-refractivity contribution is 5.29. The van der Waals surface area contributed by atoms with Crippen LogP contribution in [0.2, 0.25) is 0 Å². The monoisotopic (exact) mass is 247 g/mol. The zero-order chi connectivity index (χ0) is 13.2. The zero-order valence-corrected chi connectivity index (χ0v) is 11.8. The molecule has 0 aromatic heterocycles. The van der Waals surface area contributed by atoms with Crippen LogP contribution in [0.4, 0.5) is 0 Å². The summed E-state index contributed by atoms with van der Waals surface area (Å²) >= 11 is 0. The molecule has 1 aromatic rings. The van der Waals surface area contributed by atoms with E-state index in [0.29, 0.717) is 11.2 Å². The summed E-state index contributed by atoms with van der Waals surface area (Å²) < 4.78 is 0. The number of hydrogen-bond acceptors (Lipinski definition) is 2. The van der Waals surface area contributed by atoms with Crippen molar-refractivity contribution in [3.05, 3.63) is 29.8 Å². The highest BCUT2D eigenvalue weighted by atomic mass is 16.3. The molecule has 1 aromatic carbocycles. The van der Waals surface area contributed by atoms with Gasteiger partial charge in [-0.25, -0.2) is 0 Å². The van der Waals surface area contributed by atoms with Gasteiger partial charge in [-0.3, -0.25) is 0 Å². The molecule has 0 radical (unpaired) electrons. The van der Waals surface area contributed by atoms with Gasteiger partial charge in [-0.2, -0.15) is 0 Å². The fourth-order valence-electron chi connectivity index (χ4n) is 3.31. The average molecular weight is 247 g/mol. The minimum atomic E-state index is 0.214. The van der Waals surface area contributed by atoms with Gasteiger partial charge in [0, 0.05) is 5.54 Å². The van der Waals surface area contributed by atoms with Crippen molar-refractivity contribution in [3.63, 3.8) is 0 Å². The molecule has 2 heteroatoms. The summed E-state index contributed by atoms with van der Waals surface area (Å²) in [6.45, 7) is 8.03. The van der Waals surface area contributed by atoms with Crippen molar-refractivity contribution in [2.24, 2.45) is 5.41 Å². The fourth-order valence-corrected chi connectivity index (χ4v) is 3.31. The first-order valence-corrected chi connectivity index (χ1v) is 6.92. The Bertz CT molecular complexity index is 400. The molecule has 1 heterocycles. The Morgan fingerprint density at radius 2 is 2.11 bits per heavy atom. The fraction of sp³-hybridized carbons (Fsp3) is 0.625. The van der Waals surface area contributed by atoms with Crippen LogP contribution in [0.3, 0.4) is 0 Å². The zero-order valence-electron chi connectivity index (χ0n) is 11.8. The first kappa shape index (κ1) is 13.4.